The van der Waals surface area contributed by atoms with E-state index in [1.807, 2.05) is 0 Å². The Balaban J connectivity index is 1.93. The molecule has 3 heterocycles. The number of H-pyrrole nitrogens is 1. The van der Waals surface area contributed by atoms with Gasteiger partial charge in [0.2, 0.25) is 0 Å². The summed E-state index contributed by atoms with van der Waals surface area (Å²) in [6.45, 7) is 1.54. The van der Waals surface area contributed by atoms with E-state index in [4.69, 9.17) is 17.3 Å². The summed E-state index contributed by atoms with van der Waals surface area (Å²) >= 11 is 6.12. The number of nitrogens with two attached hydrogens (primary N) is 1. The molecule has 1 unspecified atom stereocenters. The molecule has 0 saturated carbocycles. The number of benzene rings is 1. The van der Waals surface area contributed by atoms with E-state index in [1.54, 1.807) is 13.0 Å². The van der Waals surface area contributed by atoms with E-state index in [2.05, 4.69) is 30.5 Å². The second-order valence-electron chi connectivity index (χ2n) is 6.81. The molecule has 0 aliphatic heterocycles. The van der Waals surface area contributed by atoms with Gasteiger partial charge in [-0.3, -0.25) is 9.89 Å². The second kappa shape index (κ2) is 8.40. The minimum Gasteiger partial charge on any atom is -0.382 e. The number of nitrogen functional groups attached to an aromatic ring is 1. The zero-order valence-corrected chi connectivity index (χ0v) is 17.4. The van der Waals surface area contributed by atoms with Gasteiger partial charge in [-0.2, -0.15) is 10.4 Å². The van der Waals surface area contributed by atoms with Crippen molar-refractivity contribution < 1.29 is 13.2 Å². The summed E-state index contributed by atoms with van der Waals surface area (Å²) < 4.78 is 41.4. The van der Waals surface area contributed by atoms with Crippen LogP contribution in [-0.4, -0.2) is 29.7 Å². The van der Waals surface area contributed by atoms with Crippen molar-refractivity contribution in [3.8, 4) is 11.9 Å². The molecule has 3 aromatic heterocycles. The third-order valence-corrected chi connectivity index (χ3v) is 4.93. The van der Waals surface area contributed by atoms with E-state index in [-0.39, 0.29) is 38.9 Å². The summed E-state index contributed by atoms with van der Waals surface area (Å²) in [5.74, 6) is -2.07. The lowest BCUT2D eigenvalue weighted by Crippen LogP contribution is -2.28. The number of hydrogen-bond acceptors (Lipinski definition) is 8. The first-order valence-corrected chi connectivity index (χ1v) is 9.62. The number of aromatic nitrogens is 6. The summed E-state index contributed by atoms with van der Waals surface area (Å²) in [4.78, 5) is 24.8. The van der Waals surface area contributed by atoms with Gasteiger partial charge in [0.1, 0.15) is 34.9 Å². The zero-order valence-electron chi connectivity index (χ0n) is 16.6. The largest absolute Gasteiger partial charge is 0.382 e. The topological polar surface area (TPSA) is 151 Å². The van der Waals surface area contributed by atoms with Gasteiger partial charge in [-0.05, 0) is 19.1 Å². The lowest BCUT2D eigenvalue weighted by molar-refractivity contribution is 0.140. The van der Waals surface area contributed by atoms with Crippen LogP contribution in [0.2, 0.25) is 5.02 Å². The number of fused-ring (bicyclic) bond motifs is 1. The van der Waals surface area contributed by atoms with Gasteiger partial charge in [-0.1, -0.05) is 11.6 Å². The molecule has 0 aliphatic carbocycles. The van der Waals surface area contributed by atoms with E-state index in [0.717, 1.165) is 16.7 Å². The lowest BCUT2D eigenvalue weighted by atomic mass is 10.2. The molecule has 1 atom stereocenters. The standard InChI is InChI=1S/C19H13ClF3N9O/c1-7(27-16-10(6-24)15(25)29-17(30-16)14(22)23)18-28-13-9(4-8(21)5-11(13)20)19(33)32(18)12-2-3-26-31-12/h2-5,7,14H,1H3,(H,26,31)(H3,25,27,29,30). The third-order valence-electron chi connectivity index (χ3n) is 4.65. The highest BCUT2D eigenvalue weighted by molar-refractivity contribution is 6.35. The normalized spacial score (nSPS) is 12.2. The van der Waals surface area contributed by atoms with Crippen LogP contribution in [0.5, 0.6) is 0 Å². The third kappa shape index (κ3) is 3.92. The van der Waals surface area contributed by atoms with Crippen molar-refractivity contribution in [1.82, 2.24) is 29.7 Å². The Bertz CT molecular complexity index is 1460. The van der Waals surface area contributed by atoms with Crippen LogP contribution in [0.25, 0.3) is 16.7 Å². The molecular weight excluding hydrogens is 463 g/mol. The van der Waals surface area contributed by atoms with Crippen LogP contribution >= 0.6 is 11.6 Å². The average molecular weight is 476 g/mol. The predicted octanol–water partition coefficient (Wildman–Crippen LogP) is 3.26. The van der Waals surface area contributed by atoms with E-state index in [1.165, 1.54) is 12.3 Å². The van der Waals surface area contributed by atoms with Gasteiger partial charge in [0.25, 0.3) is 12.0 Å². The van der Waals surface area contributed by atoms with Crippen LogP contribution in [0.15, 0.2) is 29.2 Å². The number of halogens is 4. The Hall–Kier alpha value is -4.18. The number of hydrogen-bond donors (Lipinski definition) is 3. The summed E-state index contributed by atoms with van der Waals surface area (Å²) in [5, 5.41) is 18.4. The molecule has 10 nitrogen and oxygen atoms in total. The van der Waals surface area contributed by atoms with Crippen molar-refractivity contribution in [1.29, 1.82) is 5.26 Å². The number of anilines is 2. The van der Waals surface area contributed by atoms with Crippen molar-refractivity contribution in [2.45, 2.75) is 19.4 Å². The average Bonchev–Trinajstić information content (AvgIpc) is 3.28. The molecule has 4 N–H and O–H groups in total. The fourth-order valence-corrected chi connectivity index (χ4v) is 3.45. The first-order chi connectivity index (χ1) is 15.7. The van der Waals surface area contributed by atoms with Gasteiger partial charge in [-0.15, -0.1) is 0 Å². The van der Waals surface area contributed by atoms with E-state index in [9.17, 15) is 23.2 Å². The van der Waals surface area contributed by atoms with Crippen molar-refractivity contribution in [2.75, 3.05) is 11.1 Å². The SMILES string of the molecule is CC(Nc1nc(C(F)F)nc(N)c1C#N)c1nc2c(Cl)cc(F)cc2c(=O)n1-c1ccn[nH]1. The molecular formula is C19H13ClF3N9O. The Kier molecular flexibility index (Phi) is 5.60. The summed E-state index contributed by atoms with van der Waals surface area (Å²) in [6, 6.07) is 4.34. The maximum Gasteiger partial charge on any atom is 0.297 e. The Morgan fingerprint density at radius 1 is 1.30 bits per heavy atom. The maximum atomic E-state index is 13.9. The Labute approximate surface area is 187 Å². The number of nitriles is 1. The fourth-order valence-electron chi connectivity index (χ4n) is 3.21. The number of aromatic amines is 1. The van der Waals surface area contributed by atoms with Crippen molar-refractivity contribution >= 4 is 34.1 Å². The van der Waals surface area contributed by atoms with Gasteiger partial charge in [-0.25, -0.2) is 32.7 Å². The van der Waals surface area contributed by atoms with Gasteiger partial charge in [0.05, 0.1) is 28.2 Å². The van der Waals surface area contributed by atoms with Crippen LogP contribution in [0.4, 0.5) is 24.8 Å². The van der Waals surface area contributed by atoms with Crippen LogP contribution < -0.4 is 16.6 Å². The summed E-state index contributed by atoms with van der Waals surface area (Å²) in [6.07, 6.45) is -1.65. The molecule has 4 aromatic rings. The molecule has 0 bridgehead atoms. The molecule has 0 saturated heterocycles. The second-order valence-corrected chi connectivity index (χ2v) is 7.21. The van der Waals surface area contributed by atoms with Crippen molar-refractivity contribution in [2.24, 2.45) is 0 Å². The number of nitrogens with zero attached hydrogens (tertiary/aromatic N) is 6. The highest BCUT2D eigenvalue weighted by atomic mass is 35.5. The summed E-state index contributed by atoms with van der Waals surface area (Å²) in [7, 11) is 0. The number of nitrogens with one attached hydrogen (secondary N) is 2. The van der Waals surface area contributed by atoms with E-state index < -0.39 is 35.5 Å². The Morgan fingerprint density at radius 2 is 2.06 bits per heavy atom. The number of alkyl halides is 2. The molecule has 168 valence electrons. The van der Waals surface area contributed by atoms with Gasteiger partial charge < -0.3 is 11.1 Å². The van der Waals surface area contributed by atoms with Crippen molar-refractivity contribution in [3.63, 3.8) is 0 Å². The smallest absolute Gasteiger partial charge is 0.297 e. The predicted molar refractivity (Wildman–Crippen MR) is 113 cm³/mol. The van der Waals surface area contributed by atoms with E-state index >= 15 is 0 Å². The first kappa shape index (κ1) is 22.0. The highest BCUT2D eigenvalue weighted by Crippen LogP contribution is 2.28. The van der Waals surface area contributed by atoms with Crippen molar-refractivity contribution in [3.05, 3.63) is 62.8 Å². The maximum absolute atomic E-state index is 13.9. The van der Waals surface area contributed by atoms with Crippen LogP contribution in [0.1, 0.15) is 36.6 Å². The molecule has 0 spiro atoms. The molecule has 0 aliphatic rings. The molecule has 1 aromatic carbocycles. The highest BCUT2D eigenvalue weighted by Gasteiger charge is 2.24. The molecule has 4 rings (SSSR count). The summed E-state index contributed by atoms with van der Waals surface area (Å²) in [5.41, 5.74) is 4.74. The first-order valence-electron chi connectivity index (χ1n) is 9.25. The molecule has 33 heavy (non-hydrogen) atoms. The lowest BCUT2D eigenvalue weighted by Gasteiger charge is -2.20. The molecule has 0 radical (unpaired) electrons. The molecule has 0 fully saturated rings. The zero-order chi connectivity index (χ0) is 23.9. The van der Waals surface area contributed by atoms with Gasteiger partial charge in [0, 0.05) is 6.07 Å². The number of rotatable bonds is 5. The van der Waals surface area contributed by atoms with Crippen LogP contribution in [0.3, 0.4) is 0 Å². The molecule has 14 heteroatoms. The van der Waals surface area contributed by atoms with Gasteiger partial charge in [0.15, 0.2) is 11.6 Å². The minimum atomic E-state index is -3.04. The van der Waals surface area contributed by atoms with Gasteiger partial charge >= 0.3 is 0 Å². The Morgan fingerprint density at radius 3 is 2.70 bits per heavy atom. The van der Waals surface area contributed by atoms with Crippen LogP contribution in [0, 0.1) is 17.1 Å². The minimum absolute atomic E-state index is 0.0264. The fraction of sp³-hybridized carbons (Fsp3) is 0.158. The van der Waals surface area contributed by atoms with E-state index in [0.29, 0.717) is 0 Å². The monoisotopic (exact) mass is 475 g/mol. The quantitative estimate of drug-likeness (QED) is 0.398. The molecule has 0 amide bonds. The van der Waals surface area contributed by atoms with Crippen LogP contribution in [-0.2, 0) is 0 Å².